The van der Waals surface area contributed by atoms with Gasteiger partial charge in [-0.05, 0) is 13.0 Å². The van der Waals surface area contributed by atoms with Crippen molar-refractivity contribution in [2.45, 2.75) is 19.1 Å². The first-order chi connectivity index (χ1) is 6.57. The number of methoxy groups -OCH3 is 1. The van der Waals surface area contributed by atoms with Gasteiger partial charge in [-0.2, -0.15) is 0 Å². The smallest absolute Gasteiger partial charge is 0.165 e. The summed E-state index contributed by atoms with van der Waals surface area (Å²) in [4.78, 5) is 0. The largest absolute Gasteiger partial charge is 0.493 e. The lowest BCUT2D eigenvalue weighted by molar-refractivity contribution is 0.148. The van der Waals surface area contributed by atoms with Crippen molar-refractivity contribution < 1.29 is 14.2 Å². The fraction of sp³-hybridized carbons (Fsp3) is 0.400. The lowest BCUT2D eigenvalue weighted by Gasteiger charge is -2.17. The third-order valence-corrected chi connectivity index (χ3v) is 2.02. The number of aliphatic hydroxyl groups is 1. The lowest BCUT2D eigenvalue weighted by Crippen LogP contribution is -2.24. The molecule has 4 heteroatoms. The molecule has 3 nitrogen and oxygen atoms in total. The van der Waals surface area contributed by atoms with Crippen molar-refractivity contribution in [1.82, 2.24) is 0 Å². The van der Waals surface area contributed by atoms with Crippen LogP contribution in [-0.4, -0.2) is 18.3 Å². The fourth-order valence-electron chi connectivity index (χ4n) is 1.26. The van der Waals surface area contributed by atoms with Crippen molar-refractivity contribution in [3.63, 3.8) is 0 Å². The van der Waals surface area contributed by atoms with Crippen LogP contribution >= 0.6 is 0 Å². The maximum atomic E-state index is 13.2. The van der Waals surface area contributed by atoms with Gasteiger partial charge in [-0.3, -0.25) is 0 Å². The van der Waals surface area contributed by atoms with E-state index in [0.29, 0.717) is 5.56 Å². The van der Waals surface area contributed by atoms with Crippen LogP contribution in [0.15, 0.2) is 18.2 Å². The van der Waals surface area contributed by atoms with Crippen LogP contribution in [0.2, 0.25) is 0 Å². The highest BCUT2D eigenvalue weighted by atomic mass is 19.1. The Morgan fingerprint density at radius 1 is 1.50 bits per heavy atom. The Morgan fingerprint density at radius 3 is 2.64 bits per heavy atom. The first-order valence-electron chi connectivity index (χ1n) is 4.34. The average Bonchev–Trinajstić information content (AvgIpc) is 2.16. The summed E-state index contributed by atoms with van der Waals surface area (Å²) in [6, 6.07) is 3.91. The van der Waals surface area contributed by atoms with Crippen LogP contribution in [0.5, 0.6) is 5.75 Å². The van der Waals surface area contributed by atoms with Gasteiger partial charge >= 0.3 is 0 Å². The Kier molecular flexibility index (Phi) is 3.43. The Hall–Kier alpha value is -1.13. The molecule has 0 amide bonds. The van der Waals surface area contributed by atoms with Crippen molar-refractivity contribution in [2.24, 2.45) is 5.73 Å². The van der Waals surface area contributed by atoms with E-state index in [1.165, 1.54) is 19.2 Å². The molecule has 0 radical (unpaired) electrons. The molecule has 0 aliphatic rings. The minimum Gasteiger partial charge on any atom is -0.493 e. The van der Waals surface area contributed by atoms with Gasteiger partial charge in [0.15, 0.2) is 11.6 Å². The predicted molar refractivity (Wildman–Crippen MR) is 51.6 cm³/mol. The van der Waals surface area contributed by atoms with Gasteiger partial charge in [-0.15, -0.1) is 0 Å². The van der Waals surface area contributed by atoms with Gasteiger partial charge < -0.3 is 15.6 Å². The lowest BCUT2D eigenvalue weighted by atomic mass is 10.0. The van der Waals surface area contributed by atoms with Crippen LogP contribution in [0.1, 0.15) is 18.6 Å². The molecule has 1 aromatic rings. The van der Waals surface area contributed by atoms with Gasteiger partial charge in [0.2, 0.25) is 0 Å². The van der Waals surface area contributed by atoms with Crippen molar-refractivity contribution in [1.29, 1.82) is 0 Å². The highest BCUT2D eigenvalue weighted by Crippen LogP contribution is 2.28. The number of nitrogens with two attached hydrogens (primary N) is 1. The molecule has 0 aliphatic carbocycles. The third kappa shape index (κ3) is 2.02. The molecule has 1 aromatic carbocycles. The highest BCUT2D eigenvalue weighted by molar-refractivity contribution is 5.37. The van der Waals surface area contributed by atoms with Crippen LogP contribution in [0.4, 0.5) is 4.39 Å². The van der Waals surface area contributed by atoms with Crippen LogP contribution < -0.4 is 10.5 Å². The SMILES string of the molecule is COc1c(F)cccc1[C@@H](O)[C@H](C)N. The molecular formula is C10H14FNO2. The zero-order valence-electron chi connectivity index (χ0n) is 8.20. The van der Waals surface area contributed by atoms with Crippen molar-refractivity contribution in [3.8, 4) is 5.75 Å². The second-order valence-corrected chi connectivity index (χ2v) is 3.17. The number of benzene rings is 1. The predicted octanol–water partition coefficient (Wildman–Crippen LogP) is 1.21. The number of aliphatic hydroxyl groups excluding tert-OH is 1. The number of halogens is 1. The van der Waals surface area contributed by atoms with E-state index < -0.39 is 18.0 Å². The summed E-state index contributed by atoms with van der Waals surface area (Å²) in [5.74, 6) is -0.443. The van der Waals surface area contributed by atoms with Crippen LogP contribution in [-0.2, 0) is 0 Å². The molecule has 0 fully saturated rings. The summed E-state index contributed by atoms with van der Waals surface area (Å²) in [7, 11) is 1.36. The molecule has 0 saturated carbocycles. The second-order valence-electron chi connectivity index (χ2n) is 3.17. The van der Waals surface area contributed by atoms with Crippen molar-refractivity contribution in [2.75, 3.05) is 7.11 Å². The van der Waals surface area contributed by atoms with E-state index in [4.69, 9.17) is 10.5 Å². The molecule has 14 heavy (non-hydrogen) atoms. The van der Waals surface area contributed by atoms with E-state index >= 15 is 0 Å². The normalized spacial score (nSPS) is 14.9. The quantitative estimate of drug-likeness (QED) is 0.769. The maximum absolute atomic E-state index is 13.2. The molecule has 0 spiro atoms. The molecule has 0 bridgehead atoms. The number of para-hydroxylation sites is 1. The van der Waals surface area contributed by atoms with E-state index in [9.17, 15) is 9.50 Å². The summed E-state index contributed by atoms with van der Waals surface area (Å²) < 4.78 is 18.1. The molecular weight excluding hydrogens is 185 g/mol. The van der Waals surface area contributed by atoms with Gasteiger partial charge in [0, 0.05) is 11.6 Å². The Labute approximate surface area is 82.3 Å². The van der Waals surface area contributed by atoms with Crippen molar-refractivity contribution in [3.05, 3.63) is 29.6 Å². The summed E-state index contributed by atoms with van der Waals surface area (Å²) >= 11 is 0. The number of hydrogen-bond donors (Lipinski definition) is 2. The molecule has 0 aromatic heterocycles. The minimum atomic E-state index is -0.916. The average molecular weight is 199 g/mol. The van der Waals surface area contributed by atoms with E-state index in [1.807, 2.05) is 0 Å². The van der Waals surface area contributed by atoms with E-state index in [0.717, 1.165) is 0 Å². The first kappa shape index (κ1) is 10.9. The monoisotopic (exact) mass is 199 g/mol. The zero-order chi connectivity index (χ0) is 10.7. The number of ether oxygens (including phenoxy) is 1. The van der Waals surface area contributed by atoms with Crippen molar-refractivity contribution >= 4 is 0 Å². The summed E-state index contributed by atoms with van der Waals surface area (Å²) in [5, 5.41) is 9.66. The number of rotatable bonds is 3. The molecule has 1 rings (SSSR count). The molecule has 0 aliphatic heterocycles. The van der Waals surface area contributed by atoms with Gasteiger partial charge in [0.05, 0.1) is 13.2 Å². The standard InChI is InChI=1S/C10H14FNO2/c1-6(12)9(13)7-4-3-5-8(11)10(7)14-2/h3-6,9,13H,12H2,1-2H3/t6-,9-/m0/s1. The Bertz CT molecular complexity index is 315. The van der Waals surface area contributed by atoms with E-state index in [1.54, 1.807) is 13.0 Å². The van der Waals surface area contributed by atoms with Crippen LogP contribution in [0.3, 0.4) is 0 Å². The number of hydrogen-bond acceptors (Lipinski definition) is 3. The first-order valence-corrected chi connectivity index (χ1v) is 4.34. The summed E-state index contributed by atoms with van der Waals surface area (Å²) in [6.07, 6.45) is -0.916. The topological polar surface area (TPSA) is 55.5 Å². The highest BCUT2D eigenvalue weighted by Gasteiger charge is 2.19. The fourth-order valence-corrected chi connectivity index (χ4v) is 1.26. The van der Waals surface area contributed by atoms with Gasteiger partial charge in [0.25, 0.3) is 0 Å². The minimum absolute atomic E-state index is 0.0531. The summed E-state index contributed by atoms with van der Waals surface area (Å²) in [6.45, 7) is 1.65. The Balaban J connectivity index is 3.13. The molecule has 0 unspecified atom stereocenters. The molecule has 0 heterocycles. The van der Waals surface area contributed by atoms with Gasteiger partial charge in [-0.1, -0.05) is 12.1 Å². The maximum Gasteiger partial charge on any atom is 0.165 e. The molecule has 78 valence electrons. The van der Waals surface area contributed by atoms with Crippen LogP contribution in [0.25, 0.3) is 0 Å². The molecule has 3 N–H and O–H groups in total. The third-order valence-electron chi connectivity index (χ3n) is 2.02. The van der Waals surface area contributed by atoms with Crippen LogP contribution in [0, 0.1) is 5.82 Å². The summed E-state index contributed by atoms with van der Waals surface area (Å²) in [5.41, 5.74) is 5.89. The second kappa shape index (κ2) is 4.39. The Morgan fingerprint density at radius 2 is 2.14 bits per heavy atom. The van der Waals surface area contributed by atoms with Gasteiger partial charge in [-0.25, -0.2) is 4.39 Å². The zero-order valence-corrected chi connectivity index (χ0v) is 8.20. The molecule has 0 saturated heterocycles. The van der Waals surface area contributed by atoms with E-state index in [-0.39, 0.29) is 5.75 Å². The van der Waals surface area contributed by atoms with Gasteiger partial charge in [0.1, 0.15) is 0 Å². The molecule has 2 atom stereocenters. The van der Waals surface area contributed by atoms with E-state index in [2.05, 4.69) is 0 Å².